The third kappa shape index (κ3) is 4.42. The Balaban J connectivity index is 4.50. The lowest BCUT2D eigenvalue weighted by atomic mass is 9.95. The van der Waals surface area contributed by atoms with E-state index in [1.165, 1.54) is 7.11 Å². The molecule has 0 aromatic carbocycles. The van der Waals surface area contributed by atoms with E-state index in [9.17, 15) is 9.59 Å². The smallest absolute Gasteiger partial charge is 0.316 e. The molecule has 0 N–H and O–H groups in total. The quantitative estimate of drug-likeness (QED) is 0.479. The van der Waals surface area contributed by atoms with Crippen molar-refractivity contribution >= 4 is 11.8 Å². The van der Waals surface area contributed by atoms with Crippen molar-refractivity contribution in [3.8, 4) is 0 Å². The second kappa shape index (κ2) is 7.40. The summed E-state index contributed by atoms with van der Waals surface area (Å²) in [5, 5.41) is 0. The summed E-state index contributed by atoms with van der Waals surface area (Å²) in [6.07, 6.45) is 0.739. The number of hydrogen-bond donors (Lipinski definition) is 0. The van der Waals surface area contributed by atoms with Gasteiger partial charge in [-0.2, -0.15) is 0 Å². The molecule has 0 saturated heterocycles. The van der Waals surface area contributed by atoms with E-state index in [0.29, 0.717) is 13.0 Å². The summed E-state index contributed by atoms with van der Waals surface area (Å²) in [5.41, 5.74) is 0. The zero-order chi connectivity index (χ0) is 11.8. The fourth-order valence-corrected chi connectivity index (χ4v) is 1.31. The number of methoxy groups -OCH3 is 1. The van der Waals surface area contributed by atoms with Gasteiger partial charge in [0.25, 0.3) is 0 Å². The van der Waals surface area contributed by atoms with Crippen molar-refractivity contribution in [2.75, 3.05) is 13.7 Å². The average molecular weight is 216 g/mol. The second-order valence-corrected chi connectivity index (χ2v) is 3.37. The van der Waals surface area contributed by atoms with E-state index in [2.05, 4.69) is 0 Å². The molecule has 0 aliphatic heterocycles. The molecule has 0 saturated carbocycles. The predicted molar refractivity (Wildman–Crippen MR) is 56.5 cm³/mol. The van der Waals surface area contributed by atoms with Crippen LogP contribution in [0.25, 0.3) is 0 Å². The summed E-state index contributed by atoms with van der Waals surface area (Å²) in [6, 6.07) is 0. The third-order valence-electron chi connectivity index (χ3n) is 2.25. The topological polar surface area (TPSA) is 52.6 Å². The Morgan fingerprint density at radius 1 is 1.27 bits per heavy atom. The van der Waals surface area contributed by atoms with Gasteiger partial charge in [-0.1, -0.05) is 13.3 Å². The molecule has 2 unspecified atom stereocenters. The highest BCUT2D eigenvalue weighted by Crippen LogP contribution is 2.13. The first-order valence-electron chi connectivity index (χ1n) is 5.31. The highest BCUT2D eigenvalue weighted by atomic mass is 16.5. The molecular formula is C11H20O4. The maximum Gasteiger partial charge on any atom is 0.316 e. The largest absolute Gasteiger partial charge is 0.465 e. The normalized spacial score (nSPS) is 14.4. The molecule has 0 aromatic rings. The third-order valence-corrected chi connectivity index (χ3v) is 2.25. The minimum Gasteiger partial charge on any atom is -0.465 e. The minimum absolute atomic E-state index is 0.196. The fourth-order valence-electron chi connectivity index (χ4n) is 1.31. The van der Waals surface area contributed by atoms with Gasteiger partial charge in [0.1, 0.15) is 12.0 Å². The molecule has 0 bridgehead atoms. The average Bonchev–Trinajstić information content (AvgIpc) is 2.24. The van der Waals surface area contributed by atoms with E-state index >= 15 is 0 Å². The van der Waals surface area contributed by atoms with Gasteiger partial charge in [0.05, 0.1) is 6.61 Å². The van der Waals surface area contributed by atoms with Crippen LogP contribution in [0.1, 0.15) is 33.6 Å². The minimum atomic E-state index is -0.676. The van der Waals surface area contributed by atoms with E-state index in [1.807, 2.05) is 6.92 Å². The summed E-state index contributed by atoms with van der Waals surface area (Å²) in [7, 11) is 1.46. The Morgan fingerprint density at radius 2 is 1.87 bits per heavy atom. The Kier molecular flexibility index (Phi) is 6.96. The van der Waals surface area contributed by atoms with Crippen LogP contribution in [0.3, 0.4) is 0 Å². The molecule has 0 spiro atoms. The molecule has 0 fully saturated rings. The molecule has 0 heterocycles. The fraction of sp³-hybridized carbons (Fsp3) is 0.818. The van der Waals surface area contributed by atoms with Crippen molar-refractivity contribution in [2.45, 2.75) is 39.7 Å². The summed E-state index contributed by atoms with van der Waals surface area (Å²) in [4.78, 5) is 23.3. The molecule has 15 heavy (non-hydrogen) atoms. The van der Waals surface area contributed by atoms with Crippen LogP contribution in [0.2, 0.25) is 0 Å². The van der Waals surface area contributed by atoms with Crippen molar-refractivity contribution < 1.29 is 19.1 Å². The monoisotopic (exact) mass is 216 g/mol. The van der Waals surface area contributed by atoms with Gasteiger partial charge in [-0.25, -0.2) is 0 Å². The number of carbonyl (C=O) groups excluding carboxylic acids is 2. The van der Waals surface area contributed by atoms with Crippen LogP contribution in [0.4, 0.5) is 0 Å². The first-order chi connectivity index (χ1) is 7.08. The highest BCUT2D eigenvalue weighted by Gasteiger charge is 2.30. The molecule has 4 nitrogen and oxygen atoms in total. The van der Waals surface area contributed by atoms with Crippen molar-refractivity contribution in [2.24, 2.45) is 5.92 Å². The van der Waals surface area contributed by atoms with Crippen LogP contribution in [-0.2, 0) is 19.1 Å². The second-order valence-electron chi connectivity index (χ2n) is 3.37. The molecular weight excluding hydrogens is 196 g/mol. The maximum absolute atomic E-state index is 11.8. The molecule has 4 heteroatoms. The van der Waals surface area contributed by atoms with E-state index in [0.717, 1.165) is 6.42 Å². The lowest BCUT2D eigenvalue weighted by Gasteiger charge is -2.16. The predicted octanol–water partition coefficient (Wildman–Crippen LogP) is 1.57. The summed E-state index contributed by atoms with van der Waals surface area (Å²) < 4.78 is 9.77. The van der Waals surface area contributed by atoms with Gasteiger partial charge in [0, 0.05) is 7.11 Å². The van der Waals surface area contributed by atoms with Gasteiger partial charge < -0.3 is 9.47 Å². The van der Waals surface area contributed by atoms with E-state index in [4.69, 9.17) is 9.47 Å². The Labute approximate surface area is 90.9 Å². The molecule has 0 rings (SSSR count). The molecule has 0 aromatic heterocycles. The molecule has 2 atom stereocenters. The SMILES string of the molecule is CCCC(C(=O)OCC)C(=O)C(C)OC. The molecule has 0 amide bonds. The zero-order valence-corrected chi connectivity index (χ0v) is 9.91. The maximum atomic E-state index is 11.8. The molecule has 0 radical (unpaired) electrons. The van der Waals surface area contributed by atoms with E-state index in [1.54, 1.807) is 13.8 Å². The lowest BCUT2D eigenvalue weighted by Crippen LogP contribution is -2.33. The van der Waals surface area contributed by atoms with E-state index < -0.39 is 18.0 Å². The van der Waals surface area contributed by atoms with Crippen LogP contribution in [0, 0.1) is 5.92 Å². The van der Waals surface area contributed by atoms with Crippen molar-refractivity contribution in [1.29, 1.82) is 0 Å². The van der Waals surface area contributed by atoms with Gasteiger partial charge in [0.2, 0.25) is 0 Å². The first kappa shape index (κ1) is 14.1. The van der Waals surface area contributed by atoms with Crippen LogP contribution >= 0.6 is 0 Å². The van der Waals surface area contributed by atoms with Gasteiger partial charge in [-0.3, -0.25) is 9.59 Å². The number of carbonyl (C=O) groups is 2. The molecule has 88 valence electrons. The number of hydrogen-bond acceptors (Lipinski definition) is 4. The zero-order valence-electron chi connectivity index (χ0n) is 9.91. The van der Waals surface area contributed by atoms with Gasteiger partial charge >= 0.3 is 5.97 Å². The number of ether oxygens (including phenoxy) is 2. The summed E-state index contributed by atoms with van der Waals surface area (Å²) in [6.45, 7) is 5.60. The van der Waals surface area contributed by atoms with Crippen molar-refractivity contribution in [3.05, 3.63) is 0 Å². The highest BCUT2D eigenvalue weighted by molar-refractivity contribution is 6.01. The van der Waals surface area contributed by atoms with Crippen LogP contribution in [-0.4, -0.2) is 31.6 Å². The first-order valence-corrected chi connectivity index (χ1v) is 5.31. The number of rotatable bonds is 7. The summed E-state index contributed by atoms with van der Waals surface area (Å²) >= 11 is 0. The Hall–Kier alpha value is -0.900. The Morgan fingerprint density at radius 3 is 2.27 bits per heavy atom. The standard InChI is InChI=1S/C11H20O4/c1-5-7-9(11(13)15-6-2)10(12)8(3)14-4/h8-9H,5-7H2,1-4H3. The van der Waals surface area contributed by atoms with Crippen molar-refractivity contribution in [1.82, 2.24) is 0 Å². The summed E-state index contributed by atoms with van der Waals surface area (Å²) in [5.74, 6) is -1.31. The molecule has 0 aliphatic rings. The number of esters is 1. The Bertz CT molecular complexity index is 213. The van der Waals surface area contributed by atoms with Gasteiger partial charge in [-0.15, -0.1) is 0 Å². The van der Waals surface area contributed by atoms with Crippen molar-refractivity contribution in [3.63, 3.8) is 0 Å². The molecule has 0 aliphatic carbocycles. The van der Waals surface area contributed by atoms with E-state index in [-0.39, 0.29) is 5.78 Å². The van der Waals surface area contributed by atoms with Gasteiger partial charge in [-0.05, 0) is 20.3 Å². The number of ketones is 1. The van der Waals surface area contributed by atoms with Crippen LogP contribution in [0.15, 0.2) is 0 Å². The lowest BCUT2D eigenvalue weighted by molar-refractivity contribution is -0.154. The van der Waals surface area contributed by atoms with Crippen LogP contribution < -0.4 is 0 Å². The van der Waals surface area contributed by atoms with Crippen LogP contribution in [0.5, 0.6) is 0 Å². The number of Topliss-reactive ketones (excluding diaryl/α,β-unsaturated/α-hetero) is 1. The van der Waals surface area contributed by atoms with Gasteiger partial charge in [0.15, 0.2) is 5.78 Å².